The van der Waals surface area contributed by atoms with E-state index in [-0.39, 0.29) is 22.7 Å². The van der Waals surface area contributed by atoms with Gasteiger partial charge < -0.3 is 0 Å². The molecule has 1 saturated heterocycles. The molecule has 0 aromatic heterocycles. The molecule has 1 spiro atoms. The van der Waals surface area contributed by atoms with Gasteiger partial charge in [-0.25, -0.2) is 0 Å². The van der Waals surface area contributed by atoms with Crippen LogP contribution in [0.25, 0.3) is 0 Å². The van der Waals surface area contributed by atoms with Crippen molar-refractivity contribution in [3.63, 3.8) is 0 Å². The van der Waals surface area contributed by atoms with Crippen molar-refractivity contribution < 1.29 is 0 Å². The van der Waals surface area contributed by atoms with Gasteiger partial charge in [0.05, 0.1) is 11.7 Å². The lowest BCUT2D eigenvalue weighted by Gasteiger charge is -2.37. The Morgan fingerprint density at radius 1 is 1.00 bits per heavy atom. The molecule has 0 aromatic rings. The predicted molar refractivity (Wildman–Crippen MR) is 64.7 cm³/mol. The number of rotatable bonds is 0. The van der Waals surface area contributed by atoms with E-state index in [0.717, 1.165) is 25.7 Å². The minimum atomic E-state index is 0.0698. The number of nitrogens with one attached hydrogen (secondary N) is 2. The Morgan fingerprint density at radius 3 is 1.81 bits per heavy atom. The molecule has 1 aliphatic heterocycles. The van der Waals surface area contributed by atoms with Gasteiger partial charge in [-0.05, 0) is 53.4 Å². The summed E-state index contributed by atoms with van der Waals surface area (Å²) < 4.78 is 0. The van der Waals surface area contributed by atoms with Gasteiger partial charge in [0.1, 0.15) is 0 Å². The van der Waals surface area contributed by atoms with Crippen LogP contribution in [0.1, 0.15) is 53.4 Å². The lowest BCUT2D eigenvalue weighted by atomic mass is 9.82. The van der Waals surface area contributed by atoms with Crippen LogP contribution in [0, 0.1) is 17.2 Å². The SMILES string of the molecule is CC1(C)NC2(CCC(C#N)CC2)NC1(C)C. The average molecular weight is 221 g/mol. The van der Waals surface area contributed by atoms with Crippen LogP contribution in [0.3, 0.4) is 0 Å². The maximum atomic E-state index is 8.94. The lowest BCUT2D eigenvalue weighted by molar-refractivity contribution is 0.191. The zero-order chi connectivity index (χ0) is 12.0. The fraction of sp³-hybridized carbons (Fsp3) is 0.923. The van der Waals surface area contributed by atoms with Crippen LogP contribution in [0.2, 0.25) is 0 Å². The molecular formula is C13H23N3. The average Bonchev–Trinajstić information content (AvgIpc) is 2.33. The van der Waals surface area contributed by atoms with Crippen LogP contribution in [-0.4, -0.2) is 16.7 Å². The topological polar surface area (TPSA) is 47.9 Å². The molecule has 0 radical (unpaired) electrons. The zero-order valence-electron chi connectivity index (χ0n) is 10.9. The van der Waals surface area contributed by atoms with E-state index in [2.05, 4.69) is 44.4 Å². The van der Waals surface area contributed by atoms with Crippen molar-refractivity contribution >= 4 is 0 Å². The third-order valence-electron chi connectivity index (χ3n) is 4.69. The summed E-state index contributed by atoms with van der Waals surface area (Å²) in [5, 5.41) is 16.5. The molecule has 3 nitrogen and oxygen atoms in total. The summed E-state index contributed by atoms with van der Waals surface area (Å²) in [6.07, 6.45) is 4.17. The van der Waals surface area contributed by atoms with Crippen LogP contribution in [0.15, 0.2) is 0 Å². The molecule has 2 rings (SSSR count). The van der Waals surface area contributed by atoms with Crippen molar-refractivity contribution in [2.45, 2.75) is 70.1 Å². The molecule has 2 fully saturated rings. The summed E-state index contributed by atoms with van der Waals surface area (Å²) in [6, 6.07) is 2.40. The molecule has 0 aromatic carbocycles. The van der Waals surface area contributed by atoms with Crippen molar-refractivity contribution in [1.82, 2.24) is 10.6 Å². The maximum Gasteiger partial charge on any atom is 0.0697 e. The van der Waals surface area contributed by atoms with E-state index in [4.69, 9.17) is 5.26 Å². The molecule has 0 unspecified atom stereocenters. The van der Waals surface area contributed by atoms with Crippen molar-refractivity contribution in [2.24, 2.45) is 5.92 Å². The largest absolute Gasteiger partial charge is 0.292 e. The molecular weight excluding hydrogens is 198 g/mol. The van der Waals surface area contributed by atoms with Gasteiger partial charge >= 0.3 is 0 Å². The quantitative estimate of drug-likeness (QED) is 0.659. The normalized spacial score (nSPS) is 31.4. The van der Waals surface area contributed by atoms with Crippen LogP contribution in [-0.2, 0) is 0 Å². The lowest BCUT2D eigenvalue weighted by Crippen LogP contribution is -2.54. The number of nitrogens with zero attached hydrogens (tertiary/aromatic N) is 1. The monoisotopic (exact) mass is 221 g/mol. The van der Waals surface area contributed by atoms with Crippen molar-refractivity contribution in [3.05, 3.63) is 0 Å². The Balaban J connectivity index is 2.11. The summed E-state index contributed by atoms with van der Waals surface area (Å²) in [6.45, 7) is 9.02. The van der Waals surface area contributed by atoms with E-state index in [1.165, 1.54) is 0 Å². The molecule has 90 valence electrons. The summed E-state index contributed by atoms with van der Waals surface area (Å²) in [5.74, 6) is 0.265. The molecule has 16 heavy (non-hydrogen) atoms. The molecule has 1 aliphatic carbocycles. The van der Waals surface area contributed by atoms with E-state index in [1.807, 2.05) is 0 Å². The minimum Gasteiger partial charge on any atom is -0.292 e. The highest BCUT2D eigenvalue weighted by molar-refractivity contribution is 5.15. The van der Waals surface area contributed by atoms with Gasteiger partial charge in [-0.2, -0.15) is 5.26 Å². The molecule has 1 saturated carbocycles. The summed E-state index contributed by atoms with van der Waals surface area (Å²) in [7, 11) is 0. The highest BCUT2D eigenvalue weighted by atomic mass is 15.3. The van der Waals surface area contributed by atoms with Crippen molar-refractivity contribution in [1.29, 1.82) is 5.26 Å². The molecule has 0 atom stereocenters. The van der Waals surface area contributed by atoms with E-state index in [9.17, 15) is 0 Å². The smallest absolute Gasteiger partial charge is 0.0697 e. The van der Waals surface area contributed by atoms with Gasteiger partial charge in [-0.15, -0.1) is 0 Å². The summed E-state index contributed by atoms with van der Waals surface area (Å²) in [4.78, 5) is 0. The van der Waals surface area contributed by atoms with E-state index in [0.29, 0.717) is 0 Å². The first-order valence-electron chi connectivity index (χ1n) is 6.29. The first kappa shape index (κ1) is 11.9. The van der Waals surface area contributed by atoms with Gasteiger partial charge in [-0.3, -0.25) is 10.6 Å². The summed E-state index contributed by atoms with van der Waals surface area (Å²) in [5.41, 5.74) is 0.277. The number of nitriles is 1. The molecule has 0 bridgehead atoms. The number of hydrogen-bond donors (Lipinski definition) is 2. The third kappa shape index (κ3) is 1.74. The number of hydrogen-bond acceptors (Lipinski definition) is 3. The summed E-state index contributed by atoms with van der Waals surface area (Å²) >= 11 is 0. The van der Waals surface area contributed by atoms with E-state index >= 15 is 0 Å². The third-order valence-corrected chi connectivity index (χ3v) is 4.69. The molecule has 3 heteroatoms. The van der Waals surface area contributed by atoms with Gasteiger partial charge in [0.2, 0.25) is 0 Å². The molecule has 0 amide bonds. The Hall–Kier alpha value is -0.590. The van der Waals surface area contributed by atoms with Crippen LogP contribution in [0.4, 0.5) is 0 Å². The van der Waals surface area contributed by atoms with Crippen molar-refractivity contribution in [2.75, 3.05) is 0 Å². The second-order valence-electron chi connectivity index (χ2n) is 6.49. The Kier molecular flexibility index (Phi) is 2.56. The van der Waals surface area contributed by atoms with E-state index < -0.39 is 0 Å². The van der Waals surface area contributed by atoms with Gasteiger partial charge in [0, 0.05) is 17.0 Å². The zero-order valence-corrected chi connectivity index (χ0v) is 10.9. The second kappa shape index (κ2) is 3.45. The minimum absolute atomic E-state index is 0.0698. The highest BCUT2D eigenvalue weighted by Gasteiger charge is 2.53. The predicted octanol–water partition coefficient (Wildman–Crippen LogP) is 2.15. The maximum absolute atomic E-state index is 8.94. The van der Waals surface area contributed by atoms with Crippen LogP contribution < -0.4 is 10.6 Å². The molecule has 1 heterocycles. The van der Waals surface area contributed by atoms with Crippen molar-refractivity contribution in [3.8, 4) is 6.07 Å². The second-order valence-corrected chi connectivity index (χ2v) is 6.49. The first-order valence-corrected chi connectivity index (χ1v) is 6.29. The molecule has 2 N–H and O–H groups in total. The van der Waals surface area contributed by atoms with Crippen LogP contribution in [0.5, 0.6) is 0 Å². The Bertz CT molecular complexity index is 299. The highest BCUT2D eigenvalue weighted by Crippen LogP contribution is 2.40. The first-order chi connectivity index (χ1) is 7.30. The standard InChI is InChI=1S/C13H23N3/c1-11(2)12(3,4)16-13(15-11)7-5-10(9-14)6-8-13/h10,15-16H,5-8H2,1-4H3. The fourth-order valence-corrected chi connectivity index (χ4v) is 3.03. The molecule has 2 aliphatic rings. The van der Waals surface area contributed by atoms with E-state index in [1.54, 1.807) is 0 Å². The van der Waals surface area contributed by atoms with Gasteiger partial charge in [0.15, 0.2) is 0 Å². The Labute approximate surface area is 98.6 Å². The van der Waals surface area contributed by atoms with Gasteiger partial charge in [-0.1, -0.05) is 0 Å². The Morgan fingerprint density at radius 2 is 1.44 bits per heavy atom. The fourth-order valence-electron chi connectivity index (χ4n) is 3.03. The van der Waals surface area contributed by atoms with Gasteiger partial charge in [0.25, 0.3) is 0 Å². The van der Waals surface area contributed by atoms with Crippen LogP contribution >= 0.6 is 0 Å².